The summed E-state index contributed by atoms with van der Waals surface area (Å²) in [5.74, 6) is 1.31. The summed E-state index contributed by atoms with van der Waals surface area (Å²) in [4.78, 5) is 14.6. The number of carbonyl (C=O) groups excluding carboxylic acids is 1. The first kappa shape index (κ1) is 16.3. The average molecular weight is 377 g/mol. The van der Waals surface area contributed by atoms with Crippen LogP contribution < -0.4 is 0 Å². The van der Waals surface area contributed by atoms with Crippen LogP contribution in [0.25, 0.3) is 0 Å². The van der Waals surface area contributed by atoms with E-state index in [-0.39, 0.29) is 5.78 Å². The van der Waals surface area contributed by atoms with Gasteiger partial charge in [-0.1, -0.05) is 34.5 Å². The zero-order chi connectivity index (χ0) is 14.5. The standard InChI is InChI=1S/C15H19BrClNOS/c1-2-12-10-18(7-8-20-12)6-5-15(19)13-4-3-11(16)9-14(13)17/h3-4,9,12H,2,5-8,10H2,1H3. The Bertz CT molecular complexity index is 483. The van der Waals surface area contributed by atoms with E-state index in [0.717, 1.165) is 29.4 Å². The van der Waals surface area contributed by atoms with Gasteiger partial charge in [0, 0.05) is 47.1 Å². The maximum Gasteiger partial charge on any atom is 0.165 e. The van der Waals surface area contributed by atoms with E-state index in [2.05, 4.69) is 27.8 Å². The molecule has 0 N–H and O–H groups in total. The first-order valence-electron chi connectivity index (χ1n) is 6.92. The maximum absolute atomic E-state index is 12.2. The van der Waals surface area contributed by atoms with Crippen molar-refractivity contribution in [2.45, 2.75) is 25.0 Å². The van der Waals surface area contributed by atoms with Crippen LogP contribution in [0.5, 0.6) is 0 Å². The maximum atomic E-state index is 12.2. The molecular formula is C15H19BrClNOS. The van der Waals surface area contributed by atoms with Crippen LogP contribution in [-0.2, 0) is 0 Å². The van der Waals surface area contributed by atoms with Crippen molar-refractivity contribution in [2.24, 2.45) is 0 Å². The quantitative estimate of drug-likeness (QED) is 0.706. The highest BCUT2D eigenvalue weighted by molar-refractivity contribution is 9.10. The van der Waals surface area contributed by atoms with E-state index in [4.69, 9.17) is 11.6 Å². The Morgan fingerprint density at radius 3 is 3.05 bits per heavy atom. The van der Waals surface area contributed by atoms with E-state index in [1.165, 1.54) is 12.2 Å². The number of rotatable bonds is 5. The molecule has 1 saturated heterocycles. The molecule has 0 saturated carbocycles. The molecule has 1 heterocycles. The second-order valence-electron chi connectivity index (χ2n) is 5.00. The Morgan fingerprint density at radius 1 is 1.55 bits per heavy atom. The van der Waals surface area contributed by atoms with Gasteiger partial charge in [-0.25, -0.2) is 0 Å². The monoisotopic (exact) mass is 375 g/mol. The van der Waals surface area contributed by atoms with Crippen molar-refractivity contribution < 1.29 is 4.79 Å². The number of hydrogen-bond donors (Lipinski definition) is 0. The Hall–Kier alpha value is -0.0300. The minimum atomic E-state index is 0.133. The highest BCUT2D eigenvalue weighted by Gasteiger charge is 2.20. The third-order valence-electron chi connectivity index (χ3n) is 3.56. The molecule has 1 aliphatic rings. The van der Waals surface area contributed by atoms with Gasteiger partial charge in [0.25, 0.3) is 0 Å². The van der Waals surface area contributed by atoms with Crippen LogP contribution in [-0.4, -0.2) is 41.3 Å². The molecule has 1 aromatic rings. The van der Waals surface area contributed by atoms with Crippen LogP contribution in [0.15, 0.2) is 22.7 Å². The molecule has 1 aliphatic heterocycles. The van der Waals surface area contributed by atoms with Gasteiger partial charge in [-0.3, -0.25) is 4.79 Å². The number of Topliss-reactive ketones (excluding diaryl/α,β-unsaturated/α-hetero) is 1. The van der Waals surface area contributed by atoms with Crippen LogP contribution in [0.4, 0.5) is 0 Å². The largest absolute Gasteiger partial charge is 0.301 e. The number of benzene rings is 1. The number of halogens is 2. The average Bonchev–Trinajstić information content (AvgIpc) is 2.45. The highest BCUT2D eigenvalue weighted by atomic mass is 79.9. The summed E-state index contributed by atoms with van der Waals surface area (Å²) >= 11 is 11.5. The molecule has 2 nitrogen and oxygen atoms in total. The molecule has 1 unspecified atom stereocenters. The number of nitrogens with zero attached hydrogens (tertiary/aromatic N) is 1. The molecule has 1 fully saturated rings. The summed E-state index contributed by atoms with van der Waals surface area (Å²) in [5.41, 5.74) is 0.633. The Kier molecular flexibility index (Phi) is 6.40. The molecule has 2 rings (SSSR count). The predicted octanol–water partition coefficient (Wildman–Crippen LogP) is 4.50. The minimum Gasteiger partial charge on any atom is -0.301 e. The smallest absolute Gasteiger partial charge is 0.165 e. The second-order valence-corrected chi connectivity index (χ2v) is 7.73. The Balaban J connectivity index is 1.88. The number of thioether (sulfide) groups is 1. The molecule has 1 atom stereocenters. The molecule has 20 heavy (non-hydrogen) atoms. The van der Waals surface area contributed by atoms with Crippen LogP contribution >= 0.6 is 39.3 Å². The lowest BCUT2D eigenvalue weighted by Crippen LogP contribution is -2.38. The molecule has 110 valence electrons. The summed E-state index contributed by atoms with van der Waals surface area (Å²) < 4.78 is 0.901. The van der Waals surface area contributed by atoms with E-state index in [1.54, 1.807) is 12.1 Å². The van der Waals surface area contributed by atoms with Gasteiger partial charge in [-0.05, 0) is 24.6 Å². The van der Waals surface area contributed by atoms with Gasteiger partial charge in [-0.15, -0.1) is 0 Å². The van der Waals surface area contributed by atoms with Crippen LogP contribution in [0.3, 0.4) is 0 Å². The second kappa shape index (κ2) is 7.83. The van der Waals surface area contributed by atoms with Crippen molar-refractivity contribution in [3.8, 4) is 0 Å². The highest BCUT2D eigenvalue weighted by Crippen LogP contribution is 2.24. The molecule has 5 heteroatoms. The van der Waals surface area contributed by atoms with Gasteiger partial charge in [0.1, 0.15) is 0 Å². The zero-order valence-corrected chi connectivity index (χ0v) is 14.7. The topological polar surface area (TPSA) is 20.3 Å². The van der Waals surface area contributed by atoms with Crippen molar-refractivity contribution >= 4 is 45.1 Å². The van der Waals surface area contributed by atoms with Crippen LogP contribution in [0.2, 0.25) is 5.02 Å². The van der Waals surface area contributed by atoms with E-state index in [1.807, 2.05) is 17.8 Å². The van der Waals surface area contributed by atoms with Gasteiger partial charge in [0.15, 0.2) is 5.78 Å². The van der Waals surface area contributed by atoms with Crippen molar-refractivity contribution in [3.05, 3.63) is 33.3 Å². The van der Waals surface area contributed by atoms with Crippen molar-refractivity contribution in [1.29, 1.82) is 0 Å². The van der Waals surface area contributed by atoms with E-state index < -0.39 is 0 Å². The molecule has 0 spiro atoms. The van der Waals surface area contributed by atoms with E-state index >= 15 is 0 Å². The number of carbonyl (C=O) groups is 1. The molecule has 0 amide bonds. The fourth-order valence-corrected chi connectivity index (χ4v) is 4.37. The summed E-state index contributed by atoms with van der Waals surface area (Å²) in [6, 6.07) is 5.44. The van der Waals surface area contributed by atoms with Gasteiger partial charge in [-0.2, -0.15) is 11.8 Å². The third-order valence-corrected chi connectivity index (χ3v) is 5.74. The predicted molar refractivity (Wildman–Crippen MR) is 91.1 cm³/mol. The van der Waals surface area contributed by atoms with Gasteiger partial charge in [0.2, 0.25) is 0 Å². The Morgan fingerprint density at radius 2 is 2.35 bits per heavy atom. The third kappa shape index (κ3) is 4.48. The molecule has 0 radical (unpaired) electrons. The number of ketones is 1. The summed E-state index contributed by atoms with van der Waals surface area (Å²) in [5, 5.41) is 1.25. The Labute approximate surface area is 138 Å². The van der Waals surface area contributed by atoms with Crippen molar-refractivity contribution in [2.75, 3.05) is 25.4 Å². The molecule has 1 aromatic carbocycles. The van der Waals surface area contributed by atoms with E-state index in [9.17, 15) is 4.79 Å². The lowest BCUT2D eigenvalue weighted by atomic mass is 10.1. The van der Waals surface area contributed by atoms with Crippen molar-refractivity contribution in [3.63, 3.8) is 0 Å². The molecular weight excluding hydrogens is 358 g/mol. The zero-order valence-electron chi connectivity index (χ0n) is 11.6. The lowest BCUT2D eigenvalue weighted by molar-refractivity contribution is 0.0965. The van der Waals surface area contributed by atoms with Crippen molar-refractivity contribution in [1.82, 2.24) is 4.90 Å². The molecule has 0 aliphatic carbocycles. The minimum absolute atomic E-state index is 0.133. The SMILES string of the molecule is CCC1CN(CCC(=O)c2ccc(Br)cc2Cl)CCS1. The normalized spacial score (nSPS) is 20.1. The van der Waals surface area contributed by atoms with Crippen LogP contribution in [0.1, 0.15) is 30.1 Å². The first-order valence-corrected chi connectivity index (χ1v) is 9.14. The van der Waals surface area contributed by atoms with Gasteiger partial charge >= 0.3 is 0 Å². The molecule has 0 aromatic heterocycles. The summed E-state index contributed by atoms with van der Waals surface area (Å²) in [6.45, 7) is 5.25. The fraction of sp³-hybridized carbons (Fsp3) is 0.533. The van der Waals surface area contributed by atoms with Gasteiger partial charge < -0.3 is 4.90 Å². The van der Waals surface area contributed by atoms with Gasteiger partial charge in [0.05, 0.1) is 5.02 Å². The summed E-state index contributed by atoms with van der Waals surface area (Å²) in [6.07, 6.45) is 1.75. The fourth-order valence-electron chi connectivity index (χ4n) is 2.34. The van der Waals surface area contributed by atoms with E-state index in [0.29, 0.717) is 17.0 Å². The summed E-state index contributed by atoms with van der Waals surface area (Å²) in [7, 11) is 0. The lowest BCUT2D eigenvalue weighted by Gasteiger charge is -2.31. The van der Waals surface area contributed by atoms with Crippen LogP contribution in [0, 0.1) is 0 Å². The number of hydrogen-bond acceptors (Lipinski definition) is 3. The molecule has 0 bridgehead atoms. The first-order chi connectivity index (χ1) is 9.60.